The molecule has 1 heterocycles. The molecule has 4 nitrogen and oxygen atoms in total. The number of benzene rings is 1. The van der Waals surface area contributed by atoms with E-state index in [1.54, 1.807) is 4.57 Å². The maximum Gasteiger partial charge on any atom is 0.183 e. The number of rotatable bonds is 2. The predicted octanol–water partition coefficient (Wildman–Crippen LogP) is 2.66. The molecular formula is C14H16N4. The van der Waals surface area contributed by atoms with E-state index in [1.165, 1.54) is 5.56 Å². The van der Waals surface area contributed by atoms with Crippen molar-refractivity contribution in [3.8, 4) is 17.5 Å². The summed E-state index contributed by atoms with van der Waals surface area (Å²) in [6, 6.07) is 10.2. The summed E-state index contributed by atoms with van der Waals surface area (Å²) in [5, 5.41) is 8.91. The van der Waals surface area contributed by atoms with Crippen LogP contribution in [0, 0.1) is 11.3 Å². The lowest BCUT2D eigenvalue weighted by Gasteiger charge is -2.07. The van der Waals surface area contributed by atoms with Gasteiger partial charge in [0.1, 0.15) is 17.7 Å². The topological polar surface area (TPSA) is 67.6 Å². The van der Waals surface area contributed by atoms with Crippen molar-refractivity contribution in [3.63, 3.8) is 0 Å². The van der Waals surface area contributed by atoms with E-state index in [0.29, 0.717) is 11.7 Å². The largest absolute Gasteiger partial charge is 0.383 e. The quantitative estimate of drug-likeness (QED) is 0.877. The second-order valence-corrected chi connectivity index (χ2v) is 4.62. The highest BCUT2D eigenvalue weighted by Crippen LogP contribution is 2.24. The van der Waals surface area contributed by atoms with Crippen LogP contribution < -0.4 is 5.73 Å². The van der Waals surface area contributed by atoms with Crippen LogP contribution in [0.3, 0.4) is 0 Å². The predicted molar refractivity (Wildman–Crippen MR) is 71.9 cm³/mol. The Morgan fingerprint density at radius 1 is 1.28 bits per heavy atom. The smallest absolute Gasteiger partial charge is 0.183 e. The van der Waals surface area contributed by atoms with Crippen molar-refractivity contribution in [1.82, 2.24) is 9.55 Å². The van der Waals surface area contributed by atoms with Crippen LogP contribution in [0.25, 0.3) is 11.4 Å². The molecule has 1 aromatic heterocycles. The van der Waals surface area contributed by atoms with E-state index >= 15 is 0 Å². The van der Waals surface area contributed by atoms with Crippen LogP contribution in [0.4, 0.5) is 5.82 Å². The third kappa shape index (κ3) is 1.95. The van der Waals surface area contributed by atoms with Gasteiger partial charge in [0.15, 0.2) is 5.69 Å². The van der Waals surface area contributed by atoms with Crippen molar-refractivity contribution in [2.75, 3.05) is 5.73 Å². The first-order valence-corrected chi connectivity index (χ1v) is 5.87. The Labute approximate surface area is 107 Å². The molecule has 0 radical (unpaired) electrons. The average molecular weight is 240 g/mol. The van der Waals surface area contributed by atoms with Crippen LogP contribution in [-0.4, -0.2) is 9.55 Å². The number of nitrogens with zero attached hydrogens (tertiary/aromatic N) is 3. The first kappa shape index (κ1) is 12.2. The lowest BCUT2D eigenvalue weighted by atomic mass is 10.0. The van der Waals surface area contributed by atoms with Gasteiger partial charge in [0.25, 0.3) is 0 Å². The van der Waals surface area contributed by atoms with Gasteiger partial charge in [-0.25, -0.2) is 4.98 Å². The van der Waals surface area contributed by atoms with E-state index in [1.807, 2.05) is 25.2 Å². The van der Waals surface area contributed by atoms with Gasteiger partial charge in [0.05, 0.1) is 0 Å². The van der Waals surface area contributed by atoms with Crippen molar-refractivity contribution in [2.45, 2.75) is 19.8 Å². The summed E-state index contributed by atoms with van der Waals surface area (Å²) in [7, 11) is 1.81. The Morgan fingerprint density at radius 2 is 1.89 bits per heavy atom. The first-order valence-electron chi connectivity index (χ1n) is 5.87. The fraction of sp³-hybridized carbons (Fsp3) is 0.286. The van der Waals surface area contributed by atoms with Crippen LogP contribution in [0.2, 0.25) is 0 Å². The molecule has 0 spiro atoms. The standard InChI is InChI=1S/C14H16N4/c1-9(2)10-4-6-11(7-5-10)14-17-12(8-15)13(16)18(14)3/h4-7,9H,16H2,1-3H3. The summed E-state index contributed by atoms with van der Waals surface area (Å²) >= 11 is 0. The molecular weight excluding hydrogens is 224 g/mol. The average Bonchev–Trinajstić information content (AvgIpc) is 2.66. The number of imidazole rings is 1. The number of anilines is 1. The highest BCUT2D eigenvalue weighted by atomic mass is 15.1. The second kappa shape index (κ2) is 4.53. The van der Waals surface area contributed by atoms with Crippen molar-refractivity contribution >= 4 is 5.82 Å². The summed E-state index contributed by atoms with van der Waals surface area (Å²) in [5.74, 6) is 1.62. The molecule has 0 amide bonds. The zero-order chi connectivity index (χ0) is 13.3. The Morgan fingerprint density at radius 3 is 2.33 bits per heavy atom. The van der Waals surface area contributed by atoms with Crippen LogP contribution in [0.1, 0.15) is 31.0 Å². The minimum atomic E-state index is 0.278. The van der Waals surface area contributed by atoms with E-state index in [4.69, 9.17) is 11.0 Å². The minimum Gasteiger partial charge on any atom is -0.383 e. The van der Waals surface area contributed by atoms with E-state index in [9.17, 15) is 0 Å². The van der Waals surface area contributed by atoms with Crippen molar-refractivity contribution in [3.05, 3.63) is 35.5 Å². The molecule has 0 saturated heterocycles. The van der Waals surface area contributed by atoms with Gasteiger partial charge in [-0.15, -0.1) is 0 Å². The van der Waals surface area contributed by atoms with Crippen LogP contribution in [-0.2, 0) is 7.05 Å². The molecule has 0 aliphatic heterocycles. The van der Waals surface area contributed by atoms with E-state index in [2.05, 4.69) is 31.0 Å². The van der Waals surface area contributed by atoms with Crippen molar-refractivity contribution in [1.29, 1.82) is 5.26 Å². The molecule has 1 aromatic carbocycles. The van der Waals surface area contributed by atoms with Crippen molar-refractivity contribution < 1.29 is 0 Å². The second-order valence-electron chi connectivity index (χ2n) is 4.62. The minimum absolute atomic E-state index is 0.278. The Hall–Kier alpha value is -2.28. The van der Waals surface area contributed by atoms with Crippen LogP contribution in [0.5, 0.6) is 0 Å². The van der Waals surface area contributed by atoms with E-state index in [0.717, 1.165) is 11.4 Å². The molecule has 0 bridgehead atoms. The highest BCUT2D eigenvalue weighted by Gasteiger charge is 2.13. The third-order valence-corrected chi connectivity index (χ3v) is 3.08. The normalized spacial score (nSPS) is 10.6. The molecule has 18 heavy (non-hydrogen) atoms. The van der Waals surface area contributed by atoms with Gasteiger partial charge in [0.2, 0.25) is 0 Å². The summed E-state index contributed by atoms with van der Waals surface area (Å²) in [4.78, 5) is 4.25. The Bertz CT molecular complexity index is 600. The van der Waals surface area contributed by atoms with Gasteiger partial charge in [-0.3, -0.25) is 0 Å². The fourth-order valence-electron chi connectivity index (χ4n) is 1.87. The van der Waals surface area contributed by atoms with Gasteiger partial charge < -0.3 is 10.3 Å². The SMILES string of the molecule is CC(C)c1ccc(-c2nc(C#N)c(N)n2C)cc1. The summed E-state index contributed by atoms with van der Waals surface area (Å²) in [6.45, 7) is 4.31. The summed E-state index contributed by atoms with van der Waals surface area (Å²) < 4.78 is 1.74. The zero-order valence-electron chi connectivity index (χ0n) is 10.8. The molecule has 2 N–H and O–H groups in total. The summed E-state index contributed by atoms with van der Waals surface area (Å²) in [5.41, 5.74) is 8.33. The molecule has 0 aliphatic carbocycles. The number of aromatic nitrogens is 2. The molecule has 4 heteroatoms. The third-order valence-electron chi connectivity index (χ3n) is 3.08. The van der Waals surface area contributed by atoms with Gasteiger partial charge >= 0.3 is 0 Å². The van der Waals surface area contributed by atoms with Crippen molar-refractivity contribution in [2.24, 2.45) is 7.05 Å². The fourth-order valence-corrected chi connectivity index (χ4v) is 1.87. The molecule has 0 saturated carbocycles. The van der Waals surface area contributed by atoms with Crippen LogP contribution in [0.15, 0.2) is 24.3 Å². The molecule has 0 atom stereocenters. The molecule has 0 unspecified atom stereocenters. The maximum atomic E-state index is 8.91. The lowest BCUT2D eigenvalue weighted by Crippen LogP contribution is -1.99. The van der Waals surface area contributed by atoms with E-state index in [-0.39, 0.29) is 5.69 Å². The maximum absolute atomic E-state index is 8.91. The monoisotopic (exact) mass is 240 g/mol. The number of hydrogen-bond acceptors (Lipinski definition) is 3. The van der Waals surface area contributed by atoms with E-state index < -0.39 is 0 Å². The molecule has 2 rings (SSSR count). The summed E-state index contributed by atoms with van der Waals surface area (Å²) in [6.07, 6.45) is 0. The first-order chi connectivity index (χ1) is 8.54. The van der Waals surface area contributed by atoms with Gasteiger partial charge in [-0.1, -0.05) is 38.1 Å². The number of hydrogen-bond donors (Lipinski definition) is 1. The number of nitrogens with two attached hydrogens (primary N) is 1. The number of nitrogen functional groups attached to an aromatic ring is 1. The molecule has 92 valence electrons. The highest BCUT2D eigenvalue weighted by molar-refractivity contribution is 5.62. The molecule has 2 aromatic rings. The Kier molecular flexibility index (Phi) is 3.07. The molecule has 0 fully saturated rings. The molecule has 0 aliphatic rings. The van der Waals surface area contributed by atoms with Gasteiger partial charge in [0, 0.05) is 12.6 Å². The number of nitriles is 1. The lowest BCUT2D eigenvalue weighted by molar-refractivity contribution is 0.866. The van der Waals surface area contributed by atoms with Gasteiger partial charge in [-0.05, 0) is 11.5 Å². The Balaban J connectivity index is 2.47. The zero-order valence-corrected chi connectivity index (χ0v) is 10.8. The van der Waals surface area contributed by atoms with Crippen LogP contribution >= 0.6 is 0 Å². The van der Waals surface area contributed by atoms with Gasteiger partial charge in [-0.2, -0.15) is 5.26 Å².